The topological polar surface area (TPSA) is 40.0 Å². The third-order valence-electron chi connectivity index (χ3n) is 2.78. The van der Waals surface area contributed by atoms with Crippen LogP contribution in [0.2, 0.25) is 0 Å². The van der Waals surface area contributed by atoms with Gasteiger partial charge in [0.25, 0.3) is 0 Å². The lowest BCUT2D eigenvalue weighted by Gasteiger charge is -2.15. The summed E-state index contributed by atoms with van der Waals surface area (Å²) in [5.74, 6) is 18.5. The predicted molar refractivity (Wildman–Crippen MR) is 102 cm³/mol. The van der Waals surface area contributed by atoms with Gasteiger partial charge in [-0.25, -0.2) is 0 Å². The quantitative estimate of drug-likeness (QED) is 0.558. The molecule has 4 heteroatoms. The minimum Gasteiger partial charge on any atom is -0.477 e. The number of benzene rings is 1. The molecule has 0 saturated carbocycles. The van der Waals surface area contributed by atoms with Gasteiger partial charge in [-0.1, -0.05) is 17.8 Å². The Balaban J connectivity index is 3.32. The van der Waals surface area contributed by atoms with Crippen molar-refractivity contribution in [2.45, 2.75) is 34.6 Å². The monoisotopic (exact) mass is 337 g/mol. The van der Waals surface area contributed by atoms with Gasteiger partial charge in [-0.3, -0.25) is 4.99 Å². The lowest BCUT2D eigenvalue weighted by Crippen LogP contribution is -2.04. The molecule has 0 radical (unpaired) electrons. The molecule has 4 nitrogen and oxygen atoms in total. The van der Waals surface area contributed by atoms with E-state index in [0.717, 1.165) is 5.71 Å². The maximum atomic E-state index is 5.76. The van der Waals surface area contributed by atoms with Crippen LogP contribution in [0.15, 0.2) is 17.1 Å². The molecule has 1 rings (SSSR count). The number of hydrogen-bond acceptors (Lipinski definition) is 4. The fraction of sp³-hybridized carbons (Fsp3) is 0.381. The van der Waals surface area contributed by atoms with E-state index in [4.69, 9.17) is 14.2 Å². The van der Waals surface area contributed by atoms with Crippen molar-refractivity contribution in [3.63, 3.8) is 0 Å². The molecule has 25 heavy (non-hydrogen) atoms. The van der Waals surface area contributed by atoms with Gasteiger partial charge in [-0.2, -0.15) is 0 Å². The molecule has 0 saturated heterocycles. The van der Waals surface area contributed by atoms with Gasteiger partial charge in [0, 0.05) is 17.8 Å². The second-order valence-electron chi connectivity index (χ2n) is 4.98. The maximum Gasteiger partial charge on any atom is 0.204 e. The average molecular weight is 337 g/mol. The van der Waals surface area contributed by atoms with Crippen LogP contribution in [0, 0.1) is 35.5 Å². The van der Waals surface area contributed by atoms with Crippen molar-refractivity contribution < 1.29 is 14.2 Å². The Morgan fingerprint density at radius 1 is 0.800 bits per heavy atom. The molecule has 0 aliphatic heterocycles. The van der Waals surface area contributed by atoms with E-state index in [0.29, 0.717) is 22.9 Å². The highest BCUT2D eigenvalue weighted by Gasteiger charge is 2.15. The molecule has 0 amide bonds. The van der Waals surface area contributed by atoms with Gasteiger partial charge in [0.15, 0.2) is 11.5 Å². The molecule has 0 unspecified atom stereocenters. The zero-order chi connectivity index (χ0) is 18.5. The number of rotatable bonds is 7. The zero-order valence-corrected chi connectivity index (χ0v) is 15.4. The van der Waals surface area contributed by atoms with Crippen LogP contribution in [0.5, 0.6) is 17.2 Å². The lowest BCUT2D eigenvalue weighted by molar-refractivity contribution is 0.286. The van der Waals surface area contributed by atoms with E-state index in [-0.39, 0.29) is 19.8 Å². The molecule has 0 atom stereocenters. The molecular formula is C21H23NO3. The Labute approximate surface area is 150 Å². The van der Waals surface area contributed by atoms with E-state index in [2.05, 4.69) is 40.5 Å². The number of aliphatic imine (C=N–C) groups is 1. The first-order valence-corrected chi connectivity index (χ1v) is 7.89. The molecule has 0 bridgehead atoms. The summed E-state index contributed by atoms with van der Waals surface area (Å²) in [7, 11) is 0. The average Bonchev–Trinajstić information content (AvgIpc) is 2.57. The molecule has 1 aromatic carbocycles. The van der Waals surface area contributed by atoms with E-state index < -0.39 is 0 Å². The molecule has 0 heterocycles. The third-order valence-corrected chi connectivity index (χ3v) is 2.78. The van der Waals surface area contributed by atoms with Gasteiger partial charge in [-0.05, 0) is 34.6 Å². The van der Waals surface area contributed by atoms with E-state index in [1.165, 1.54) is 0 Å². The Morgan fingerprint density at radius 3 is 1.64 bits per heavy atom. The zero-order valence-electron chi connectivity index (χ0n) is 15.4. The normalized spacial score (nSPS) is 8.52. The van der Waals surface area contributed by atoms with Gasteiger partial charge in [0.1, 0.15) is 19.8 Å². The first kappa shape index (κ1) is 20.0. The number of ether oxygens (including phenoxy) is 3. The van der Waals surface area contributed by atoms with Crippen molar-refractivity contribution in [2.24, 2.45) is 4.99 Å². The second-order valence-corrected chi connectivity index (χ2v) is 4.98. The molecular weight excluding hydrogens is 314 g/mol. The van der Waals surface area contributed by atoms with Crippen molar-refractivity contribution in [2.75, 3.05) is 19.8 Å². The Morgan fingerprint density at radius 2 is 1.24 bits per heavy atom. The fourth-order valence-corrected chi connectivity index (χ4v) is 1.79. The molecule has 130 valence electrons. The van der Waals surface area contributed by atoms with Gasteiger partial charge in [-0.15, -0.1) is 17.8 Å². The van der Waals surface area contributed by atoms with Crippen molar-refractivity contribution >= 4 is 11.4 Å². The summed E-state index contributed by atoms with van der Waals surface area (Å²) in [6.07, 6.45) is 0. The summed E-state index contributed by atoms with van der Waals surface area (Å²) in [6.45, 7) is 9.86. The Hall–Kier alpha value is -3.03. The van der Waals surface area contributed by atoms with E-state index in [1.54, 1.807) is 32.9 Å². The molecule has 0 fully saturated rings. The summed E-state index contributed by atoms with van der Waals surface area (Å²) in [5.41, 5.74) is 1.64. The van der Waals surface area contributed by atoms with Crippen molar-refractivity contribution in [1.29, 1.82) is 0 Å². The molecule has 0 N–H and O–H groups in total. The third kappa shape index (κ3) is 7.38. The van der Waals surface area contributed by atoms with E-state index in [9.17, 15) is 0 Å². The van der Waals surface area contributed by atoms with Gasteiger partial charge in [0.2, 0.25) is 5.75 Å². The lowest BCUT2D eigenvalue weighted by atomic mass is 10.2. The van der Waals surface area contributed by atoms with Crippen LogP contribution in [-0.2, 0) is 0 Å². The number of nitrogens with zero attached hydrogens (tertiary/aromatic N) is 1. The Kier molecular flexibility index (Phi) is 9.20. The first-order valence-electron chi connectivity index (χ1n) is 7.89. The molecule has 0 aliphatic rings. The van der Waals surface area contributed by atoms with E-state index >= 15 is 0 Å². The smallest absolute Gasteiger partial charge is 0.204 e. The molecule has 0 spiro atoms. The minimum atomic E-state index is 0.234. The summed E-state index contributed by atoms with van der Waals surface area (Å²) < 4.78 is 17.3. The van der Waals surface area contributed by atoms with Crippen molar-refractivity contribution in [3.8, 4) is 52.8 Å². The van der Waals surface area contributed by atoms with Crippen LogP contribution >= 0.6 is 0 Å². The van der Waals surface area contributed by atoms with Crippen molar-refractivity contribution in [3.05, 3.63) is 12.1 Å². The maximum absolute atomic E-state index is 5.76. The highest BCUT2D eigenvalue weighted by Crippen LogP contribution is 2.41. The van der Waals surface area contributed by atoms with Gasteiger partial charge in [0.05, 0.1) is 5.69 Å². The van der Waals surface area contributed by atoms with E-state index in [1.807, 2.05) is 13.8 Å². The van der Waals surface area contributed by atoms with Crippen LogP contribution < -0.4 is 14.2 Å². The molecule has 1 aromatic rings. The highest BCUT2D eigenvalue weighted by atomic mass is 16.5. The molecule has 0 aliphatic carbocycles. The minimum absolute atomic E-state index is 0.234. The summed E-state index contributed by atoms with van der Waals surface area (Å²) >= 11 is 0. The van der Waals surface area contributed by atoms with Crippen LogP contribution in [0.3, 0.4) is 0 Å². The van der Waals surface area contributed by atoms with Crippen LogP contribution in [0.4, 0.5) is 5.69 Å². The number of hydrogen-bond donors (Lipinski definition) is 0. The Bertz CT molecular complexity index is 741. The standard InChI is InChI=1S/C21H23NO3/c1-6-9-12-23-19-15-18(22-17(4)5)16-20(24-13-10-7-2)21(19)25-14-11-8-3/h15-16H,12-14H2,1-5H3. The van der Waals surface area contributed by atoms with Gasteiger partial charge < -0.3 is 14.2 Å². The predicted octanol–water partition coefficient (Wildman–Crippen LogP) is 4.01. The summed E-state index contributed by atoms with van der Waals surface area (Å²) in [5, 5.41) is 0. The van der Waals surface area contributed by atoms with Crippen LogP contribution in [0.25, 0.3) is 0 Å². The van der Waals surface area contributed by atoms with Crippen LogP contribution in [-0.4, -0.2) is 25.5 Å². The van der Waals surface area contributed by atoms with Crippen LogP contribution in [0.1, 0.15) is 34.6 Å². The largest absolute Gasteiger partial charge is 0.477 e. The molecule has 0 aromatic heterocycles. The van der Waals surface area contributed by atoms with Gasteiger partial charge >= 0.3 is 0 Å². The first-order chi connectivity index (χ1) is 12.1. The highest BCUT2D eigenvalue weighted by molar-refractivity contribution is 5.82. The fourth-order valence-electron chi connectivity index (χ4n) is 1.79. The SMILES string of the molecule is CC#CCOc1cc(N=C(C)C)cc(OCC#CC)c1OCC#CC. The second kappa shape index (κ2) is 11.5. The summed E-state index contributed by atoms with van der Waals surface area (Å²) in [4.78, 5) is 4.48. The van der Waals surface area contributed by atoms with Crippen molar-refractivity contribution in [1.82, 2.24) is 0 Å². The summed E-state index contributed by atoms with van der Waals surface area (Å²) in [6, 6.07) is 3.61.